The molecule has 1 aromatic carbocycles. The number of phenolic OH excluding ortho intramolecular Hbond substituents is 1. The van der Waals surface area contributed by atoms with E-state index in [1.54, 1.807) is 27.2 Å². The van der Waals surface area contributed by atoms with Crippen LogP contribution in [0.25, 0.3) is 0 Å². The van der Waals surface area contributed by atoms with Crippen molar-refractivity contribution in [1.29, 1.82) is 0 Å². The van der Waals surface area contributed by atoms with Gasteiger partial charge in [0.1, 0.15) is 5.69 Å². The van der Waals surface area contributed by atoms with Crippen molar-refractivity contribution in [3.63, 3.8) is 0 Å². The van der Waals surface area contributed by atoms with Crippen LogP contribution >= 0.6 is 11.6 Å². The van der Waals surface area contributed by atoms with E-state index < -0.39 is 0 Å². The summed E-state index contributed by atoms with van der Waals surface area (Å²) in [7, 11) is 5.20. The predicted octanol–water partition coefficient (Wildman–Crippen LogP) is 2.17. The Bertz CT molecular complexity index is 341. The Morgan fingerprint density at radius 1 is 1.07 bits per heavy atom. The van der Waals surface area contributed by atoms with Crippen LogP contribution in [-0.2, 0) is 0 Å². The molecule has 5 heteroatoms. The lowest BCUT2D eigenvalue weighted by atomic mass is 10.2. The van der Waals surface area contributed by atoms with Gasteiger partial charge in [0.2, 0.25) is 0 Å². The molecular weight excluding hydrogens is 202 g/mol. The Morgan fingerprint density at radius 3 is 2.07 bits per heavy atom. The molecule has 78 valence electrons. The van der Waals surface area contributed by atoms with Crippen LogP contribution in [0.2, 0.25) is 5.02 Å². The van der Waals surface area contributed by atoms with Gasteiger partial charge in [-0.1, -0.05) is 11.6 Å². The summed E-state index contributed by atoms with van der Waals surface area (Å²) < 4.78 is 0. The average molecular weight is 216 g/mol. The molecule has 0 aliphatic carbocycles. The number of aromatic hydroxyl groups is 1. The molecule has 0 atom stereocenters. The molecule has 0 heterocycles. The van der Waals surface area contributed by atoms with Gasteiger partial charge >= 0.3 is 0 Å². The summed E-state index contributed by atoms with van der Waals surface area (Å²) in [6.45, 7) is 0. The third kappa shape index (κ3) is 1.65. The number of anilines is 3. The third-order valence-corrected chi connectivity index (χ3v) is 2.32. The molecule has 0 bridgehead atoms. The van der Waals surface area contributed by atoms with Crippen LogP contribution in [0.5, 0.6) is 5.75 Å². The van der Waals surface area contributed by atoms with Crippen LogP contribution < -0.4 is 16.0 Å². The minimum Gasteiger partial charge on any atom is -0.504 e. The van der Waals surface area contributed by atoms with Crippen LogP contribution in [-0.4, -0.2) is 26.2 Å². The van der Waals surface area contributed by atoms with E-state index in [0.717, 1.165) is 0 Å². The highest BCUT2D eigenvalue weighted by atomic mass is 35.5. The van der Waals surface area contributed by atoms with E-state index in [0.29, 0.717) is 22.1 Å². The number of phenols is 1. The lowest BCUT2D eigenvalue weighted by Gasteiger charge is -2.15. The Labute approximate surface area is 88.3 Å². The first kappa shape index (κ1) is 10.8. The summed E-state index contributed by atoms with van der Waals surface area (Å²) in [5.74, 6) is 0.156. The van der Waals surface area contributed by atoms with Gasteiger partial charge in [0.25, 0.3) is 0 Å². The Morgan fingerprint density at radius 2 is 1.64 bits per heavy atom. The molecule has 0 unspecified atom stereocenters. The van der Waals surface area contributed by atoms with Gasteiger partial charge < -0.3 is 21.1 Å². The molecular formula is C9H14ClN3O. The fraction of sp³-hybridized carbons (Fsp3) is 0.333. The molecule has 4 N–H and O–H groups in total. The van der Waals surface area contributed by atoms with Gasteiger partial charge in [-0.3, -0.25) is 0 Å². The number of hydrogen-bond donors (Lipinski definition) is 4. The number of halogens is 1. The fourth-order valence-electron chi connectivity index (χ4n) is 1.32. The van der Waals surface area contributed by atoms with E-state index in [9.17, 15) is 5.11 Å². The van der Waals surface area contributed by atoms with Gasteiger partial charge in [-0.2, -0.15) is 0 Å². The lowest BCUT2D eigenvalue weighted by molar-refractivity contribution is 0.480. The fourth-order valence-corrected chi connectivity index (χ4v) is 1.62. The van der Waals surface area contributed by atoms with Crippen LogP contribution in [0.3, 0.4) is 0 Å². The second kappa shape index (κ2) is 4.28. The highest BCUT2D eigenvalue weighted by molar-refractivity contribution is 6.34. The molecule has 0 aliphatic rings. The maximum atomic E-state index is 9.80. The molecule has 1 rings (SSSR count). The largest absolute Gasteiger partial charge is 0.504 e. The van der Waals surface area contributed by atoms with Crippen molar-refractivity contribution < 1.29 is 5.11 Å². The summed E-state index contributed by atoms with van der Waals surface area (Å²) >= 11 is 6.01. The topological polar surface area (TPSA) is 56.3 Å². The Hall–Kier alpha value is -1.29. The first-order valence-electron chi connectivity index (χ1n) is 4.24. The van der Waals surface area contributed by atoms with Crippen LogP contribution in [0.1, 0.15) is 0 Å². The highest BCUT2D eigenvalue weighted by Gasteiger charge is 2.13. The van der Waals surface area contributed by atoms with Crippen LogP contribution in [0.4, 0.5) is 17.1 Å². The zero-order chi connectivity index (χ0) is 10.7. The minimum absolute atomic E-state index is 0.156. The Kier molecular flexibility index (Phi) is 3.30. The first-order chi connectivity index (χ1) is 6.65. The molecule has 4 nitrogen and oxygen atoms in total. The minimum atomic E-state index is 0.156. The van der Waals surface area contributed by atoms with E-state index in [1.807, 2.05) is 0 Å². The summed E-state index contributed by atoms with van der Waals surface area (Å²) in [5.41, 5.74) is 1.87. The normalized spacial score (nSPS) is 9.71. The highest BCUT2D eigenvalue weighted by Crippen LogP contribution is 2.42. The maximum absolute atomic E-state index is 9.80. The quantitative estimate of drug-likeness (QED) is 0.584. The average Bonchev–Trinajstić information content (AvgIpc) is 2.20. The van der Waals surface area contributed by atoms with E-state index in [4.69, 9.17) is 11.6 Å². The smallest absolute Gasteiger partial charge is 0.164 e. The van der Waals surface area contributed by atoms with E-state index in [1.165, 1.54) is 0 Å². The number of nitrogens with one attached hydrogen (secondary N) is 3. The molecule has 0 spiro atoms. The summed E-state index contributed by atoms with van der Waals surface area (Å²) in [5, 5.41) is 19.0. The summed E-state index contributed by atoms with van der Waals surface area (Å²) in [4.78, 5) is 0. The third-order valence-electron chi connectivity index (χ3n) is 2.02. The summed E-state index contributed by atoms with van der Waals surface area (Å²) in [6.07, 6.45) is 0. The van der Waals surface area contributed by atoms with Gasteiger partial charge in [-0.05, 0) is 6.07 Å². The van der Waals surface area contributed by atoms with Crippen molar-refractivity contribution >= 4 is 28.7 Å². The van der Waals surface area contributed by atoms with E-state index in [2.05, 4.69) is 16.0 Å². The molecule has 1 aromatic rings. The molecule has 0 saturated carbocycles. The number of benzene rings is 1. The van der Waals surface area contributed by atoms with Crippen molar-refractivity contribution in [2.75, 3.05) is 37.1 Å². The van der Waals surface area contributed by atoms with E-state index in [-0.39, 0.29) is 5.75 Å². The SMILES string of the molecule is CNc1cc(Cl)c(NC)c(NC)c1O. The van der Waals surface area contributed by atoms with Crippen molar-refractivity contribution in [3.8, 4) is 5.75 Å². The second-order valence-corrected chi connectivity index (χ2v) is 3.16. The molecule has 0 radical (unpaired) electrons. The van der Waals surface area contributed by atoms with Crippen LogP contribution in [0, 0.1) is 0 Å². The van der Waals surface area contributed by atoms with Crippen molar-refractivity contribution in [2.45, 2.75) is 0 Å². The molecule has 0 amide bonds. The van der Waals surface area contributed by atoms with Crippen molar-refractivity contribution in [2.24, 2.45) is 0 Å². The molecule has 0 fully saturated rings. The zero-order valence-electron chi connectivity index (χ0n) is 8.40. The van der Waals surface area contributed by atoms with Crippen molar-refractivity contribution in [3.05, 3.63) is 11.1 Å². The first-order valence-corrected chi connectivity index (χ1v) is 4.62. The molecule has 0 aliphatic heterocycles. The monoisotopic (exact) mass is 215 g/mol. The standard InChI is InChI=1S/C9H14ClN3O/c1-11-6-4-5(10)7(12-2)8(13-3)9(6)14/h4,11-14H,1-3H3. The maximum Gasteiger partial charge on any atom is 0.164 e. The van der Waals surface area contributed by atoms with Gasteiger partial charge in [-0.15, -0.1) is 0 Å². The molecule has 14 heavy (non-hydrogen) atoms. The van der Waals surface area contributed by atoms with Crippen LogP contribution in [0.15, 0.2) is 6.07 Å². The zero-order valence-corrected chi connectivity index (χ0v) is 9.16. The molecule has 0 aromatic heterocycles. The van der Waals surface area contributed by atoms with E-state index >= 15 is 0 Å². The summed E-state index contributed by atoms with van der Waals surface area (Å²) in [6, 6.07) is 1.67. The number of rotatable bonds is 3. The van der Waals surface area contributed by atoms with Gasteiger partial charge in [0.15, 0.2) is 5.75 Å². The number of hydrogen-bond acceptors (Lipinski definition) is 4. The molecule has 0 saturated heterocycles. The lowest BCUT2D eigenvalue weighted by Crippen LogP contribution is -2.00. The van der Waals surface area contributed by atoms with Gasteiger partial charge in [-0.25, -0.2) is 0 Å². The Balaban J connectivity index is 3.40. The second-order valence-electron chi connectivity index (χ2n) is 2.75. The van der Waals surface area contributed by atoms with Gasteiger partial charge in [0, 0.05) is 21.1 Å². The van der Waals surface area contributed by atoms with Gasteiger partial charge in [0.05, 0.1) is 16.4 Å². The predicted molar refractivity (Wildman–Crippen MR) is 61.8 cm³/mol. The van der Waals surface area contributed by atoms with Crippen molar-refractivity contribution in [1.82, 2.24) is 0 Å².